The summed E-state index contributed by atoms with van der Waals surface area (Å²) in [5.74, 6) is -0.371. The van der Waals surface area contributed by atoms with Crippen LogP contribution >= 0.6 is 0 Å². The molecule has 0 radical (unpaired) electrons. The number of aliphatic hydroxyl groups is 1. The maximum absolute atomic E-state index is 12.1. The lowest BCUT2D eigenvalue weighted by Gasteiger charge is -2.17. The second-order valence-electron chi connectivity index (χ2n) is 4.77. The van der Waals surface area contributed by atoms with Crippen LogP contribution in [0.15, 0.2) is 30.5 Å². The number of amides is 2. The Kier molecular flexibility index (Phi) is 5.37. The molecule has 118 valence electrons. The predicted octanol–water partition coefficient (Wildman–Crippen LogP) is 0.543. The van der Waals surface area contributed by atoms with Gasteiger partial charge in [-0.15, -0.1) is 0 Å². The van der Waals surface area contributed by atoms with Crippen LogP contribution in [0.4, 0.5) is 4.79 Å². The van der Waals surface area contributed by atoms with Crippen LogP contribution in [-0.2, 0) is 16.0 Å². The third-order valence-electron chi connectivity index (χ3n) is 3.30. The van der Waals surface area contributed by atoms with Gasteiger partial charge in [-0.3, -0.25) is 4.79 Å². The average Bonchev–Trinajstić information content (AvgIpc) is 2.95. The van der Waals surface area contributed by atoms with Crippen LogP contribution in [-0.4, -0.2) is 48.4 Å². The molecule has 0 unspecified atom stereocenters. The fourth-order valence-electron chi connectivity index (χ4n) is 2.23. The molecule has 7 nitrogen and oxygen atoms in total. The minimum absolute atomic E-state index is 0.131. The molecule has 22 heavy (non-hydrogen) atoms. The summed E-state index contributed by atoms with van der Waals surface area (Å²) in [6.45, 7) is -0.0319. The molecule has 4 N–H and O–H groups in total. The first-order valence-electron chi connectivity index (χ1n) is 6.93. The third-order valence-corrected chi connectivity index (χ3v) is 3.30. The number of aromatic nitrogens is 1. The van der Waals surface area contributed by atoms with Crippen LogP contribution in [0.1, 0.15) is 5.56 Å². The van der Waals surface area contributed by atoms with E-state index in [1.54, 1.807) is 0 Å². The number of fused-ring (bicyclic) bond motifs is 1. The number of aliphatic hydroxyl groups excluding tert-OH is 1. The number of nitrogens with one attached hydrogen (secondary N) is 3. The SMILES string of the molecule is COC(=O)N[C@@H](Cc1c[nH]c2ccccc12)C(=O)NCCO. The van der Waals surface area contributed by atoms with Crippen LogP contribution in [0.3, 0.4) is 0 Å². The molecule has 0 aliphatic carbocycles. The second-order valence-corrected chi connectivity index (χ2v) is 4.77. The number of rotatable bonds is 6. The van der Waals surface area contributed by atoms with Crippen LogP contribution in [0.5, 0.6) is 0 Å². The predicted molar refractivity (Wildman–Crippen MR) is 81.4 cm³/mol. The molecular weight excluding hydrogens is 286 g/mol. The second kappa shape index (κ2) is 7.46. The molecule has 1 heterocycles. The summed E-state index contributed by atoms with van der Waals surface area (Å²) in [6, 6.07) is 6.93. The molecule has 1 atom stereocenters. The first kappa shape index (κ1) is 15.8. The van der Waals surface area contributed by atoms with Gasteiger partial charge in [-0.25, -0.2) is 4.79 Å². The van der Waals surface area contributed by atoms with E-state index in [2.05, 4.69) is 20.4 Å². The number of alkyl carbamates (subject to hydrolysis) is 1. The molecule has 2 amide bonds. The Morgan fingerprint density at radius 1 is 1.36 bits per heavy atom. The highest BCUT2D eigenvalue weighted by molar-refractivity contribution is 5.88. The molecule has 0 spiro atoms. The number of H-pyrrole nitrogens is 1. The quantitative estimate of drug-likeness (QED) is 0.625. The van der Waals surface area contributed by atoms with Gasteiger partial charge in [0.2, 0.25) is 5.91 Å². The highest BCUT2D eigenvalue weighted by atomic mass is 16.5. The van der Waals surface area contributed by atoms with E-state index in [-0.39, 0.29) is 19.1 Å². The maximum atomic E-state index is 12.1. The molecule has 0 bridgehead atoms. The Labute approximate surface area is 127 Å². The molecule has 0 aliphatic heterocycles. The average molecular weight is 305 g/mol. The Morgan fingerprint density at radius 3 is 2.86 bits per heavy atom. The fraction of sp³-hybridized carbons (Fsp3) is 0.333. The van der Waals surface area contributed by atoms with Gasteiger partial charge in [0.1, 0.15) is 6.04 Å². The van der Waals surface area contributed by atoms with Gasteiger partial charge in [0.15, 0.2) is 0 Å². The molecule has 7 heteroatoms. The number of methoxy groups -OCH3 is 1. The van der Waals surface area contributed by atoms with Crippen LogP contribution < -0.4 is 10.6 Å². The van der Waals surface area contributed by atoms with Gasteiger partial charge in [0.25, 0.3) is 0 Å². The summed E-state index contributed by atoms with van der Waals surface area (Å²) in [5, 5.41) is 14.8. The van der Waals surface area contributed by atoms with Gasteiger partial charge in [-0.1, -0.05) is 18.2 Å². The number of carbonyl (C=O) groups is 2. The molecule has 2 rings (SSSR count). The van der Waals surface area contributed by atoms with Crippen molar-refractivity contribution in [1.29, 1.82) is 0 Å². The van der Waals surface area contributed by atoms with Gasteiger partial charge in [-0.2, -0.15) is 0 Å². The van der Waals surface area contributed by atoms with E-state index in [1.165, 1.54) is 7.11 Å². The lowest BCUT2D eigenvalue weighted by atomic mass is 10.0. The van der Waals surface area contributed by atoms with Crippen molar-refractivity contribution in [1.82, 2.24) is 15.6 Å². The van der Waals surface area contributed by atoms with Crippen LogP contribution in [0, 0.1) is 0 Å². The smallest absolute Gasteiger partial charge is 0.407 e. The fourth-order valence-corrected chi connectivity index (χ4v) is 2.23. The monoisotopic (exact) mass is 305 g/mol. The molecule has 0 saturated heterocycles. The molecule has 0 saturated carbocycles. The summed E-state index contributed by atoms with van der Waals surface area (Å²) in [7, 11) is 1.24. The number of para-hydroxylation sites is 1. The zero-order valence-corrected chi connectivity index (χ0v) is 12.3. The number of carbonyl (C=O) groups excluding carboxylic acids is 2. The van der Waals surface area contributed by atoms with Crippen molar-refractivity contribution in [3.63, 3.8) is 0 Å². The number of ether oxygens (including phenoxy) is 1. The van der Waals surface area contributed by atoms with Gasteiger partial charge in [-0.05, 0) is 11.6 Å². The highest BCUT2D eigenvalue weighted by Crippen LogP contribution is 2.19. The molecule has 1 aromatic heterocycles. The van der Waals surface area contributed by atoms with Gasteiger partial charge in [0, 0.05) is 30.1 Å². The number of benzene rings is 1. The molecule has 2 aromatic rings. The molecule has 0 fully saturated rings. The van der Waals surface area contributed by atoms with Crippen molar-refractivity contribution in [2.45, 2.75) is 12.5 Å². The van der Waals surface area contributed by atoms with E-state index in [0.717, 1.165) is 16.5 Å². The zero-order chi connectivity index (χ0) is 15.9. The maximum Gasteiger partial charge on any atom is 0.407 e. The normalized spacial score (nSPS) is 11.9. The van der Waals surface area contributed by atoms with Crippen molar-refractivity contribution in [3.8, 4) is 0 Å². The van der Waals surface area contributed by atoms with Crippen molar-refractivity contribution in [2.75, 3.05) is 20.3 Å². The summed E-state index contributed by atoms with van der Waals surface area (Å²) < 4.78 is 4.55. The largest absolute Gasteiger partial charge is 0.453 e. The van der Waals surface area contributed by atoms with Crippen molar-refractivity contribution < 1.29 is 19.4 Å². The molecule has 1 aromatic carbocycles. The topological polar surface area (TPSA) is 103 Å². The van der Waals surface area contributed by atoms with E-state index in [0.29, 0.717) is 6.42 Å². The third kappa shape index (κ3) is 3.76. The Balaban J connectivity index is 2.17. The summed E-state index contributed by atoms with van der Waals surface area (Å²) in [6.07, 6.45) is 1.45. The first-order valence-corrected chi connectivity index (χ1v) is 6.93. The van der Waals surface area contributed by atoms with E-state index < -0.39 is 12.1 Å². The van der Waals surface area contributed by atoms with Crippen molar-refractivity contribution in [3.05, 3.63) is 36.0 Å². The summed E-state index contributed by atoms with van der Waals surface area (Å²) in [4.78, 5) is 26.7. The zero-order valence-electron chi connectivity index (χ0n) is 12.3. The van der Waals surface area contributed by atoms with E-state index >= 15 is 0 Å². The Bertz CT molecular complexity index is 653. The summed E-state index contributed by atoms with van der Waals surface area (Å²) >= 11 is 0. The Morgan fingerprint density at radius 2 is 2.14 bits per heavy atom. The van der Waals surface area contributed by atoms with Crippen molar-refractivity contribution >= 4 is 22.9 Å². The van der Waals surface area contributed by atoms with Gasteiger partial charge < -0.3 is 25.5 Å². The first-order chi connectivity index (χ1) is 10.7. The van der Waals surface area contributed by atoms with Crippen molar-refractivity contribution in [2.24, 2.45) is 0 Å². The lowest BCUT2D eigenvalue weighted by molar-refractivity contribution is -0.123. The Hall–Kier alpha value is -2.54. The minimum atomic E-state index is -0.779. The molecule has 0 aliphatic rings. The summed E-state index contributed by atoms with van der Waals surface area (Å²) in [5.41, 5.74) is 1.88. The standard InChI is InChI=1S/C15H19N3O4/c1-22-15(21)18-13(14(20)16-6-7-19)8-10-9-17-12-5-3-2-4-11(10)12/h2-5,9,13,17,19H,6-8H2,1H3,(H,16,20)(H,18,21)/t13-/m0/s1. The van der Waals surface area contributed by atoms with Gasteiger partial charge in [0.05, 0.1) is 13.7 Å². The minimum Gasteiger partial charge on any atom is -0.453 e. The number of hydrogen-bond acceptors (Lipinski definition) is 4. The number of hydrogen-bond donors (Lipinski definition) is 4. The van der Waals surface area contributed by atoms with Crippen LogP contribution in [0.25, 0.3) is 10.9 Å². The lowest BCUT2D eigenvalue weighted by Crippen LogP contribution is -2.48. The van der Waals surface area contributed by atoms with Gasteiger partial charge >= 0.3 is 6.09 Å². The van der Waals surface area contributed by atoms with E-state index in [9.17, 15) is 9.59 Å². The number of aromatic amines is 1. The van der Waals surface area contributed by atoms with E-state index in [4.69, 9.17) is 5.11 Å². The molecular formula is C15H19N3O4. The highest BCUT2D eigenvalue weighted by Gasteiger charge is 2.22. The van der Waals surface area contributed by atoms with E-state index in [1.807, 2.05) is 30.5 Å². The van der Waals surface area contributed by atoms with Crippen LogP contribution in [0.2, 0.25) is 0 Å².